The summed E-state index contributed by atoms with van der Waals surface area (Å²) in [6.45, 7) is 0. The average Bonchev–Trinajstić information content (AvgIpc) is 2.72. The van der Waals surface area contributed by atoms with E-state index >= 15 is 0 Å². The first-order chi connectivity index (χ1) is 9.55. The number of aromatic nitrogens is 2. The van der Waals surface area contributed by atoms with Gasteiger partial charge in [-0.1, -0.05) is 5.10 Å². The topological polar surface area (TPSA) is 64.9 Å². The summed E-state index contributed by atoms with van der Waals surface area (Å²) < 4.78 is 80.6. The van der Waals surface area contributed by atoms with Crippen LogP contribution < -0.4 is 5.73 Å². The molecule has 1 heterocycles. The van der Waals surface area contributed by atoms with Crippen LogP contribution in [-0.4, -0.2) is 10.2 Å². The van der Waals surface area contributed by atoms with Gasteiger partial charge in [0.25, 0.3) is 0 Å². The van der Waals surface area contributed by atoms with Gasteiger partial charge in [-0.2, -0.15) is 26.3 Å². The highest BCUT2D eigenvalue weighted by Crippen LogP contribution is 2.36. The molecule has 0 aliphatic carbocycles. The lowest BCUT2D eigenvalue weighted by Gasteiger charge is -2.13. The van der Waals surface area contributed by atoms with Crippen LogP contribution in [0.25, 0.3) is 0 Å². The van der Waals surface area contributed by atoms with Gasteiger partial charge < -0.3 is 10.2 Å². The minimum Gasteiger partial charge on any atom is -0.408 e. The van der Waals surface area contributed by atoms with Crippen LogP contribution in [0.5, 0.6) is 0 Å². The zero-order chi connectivity index (χ0) is 15.8. The van der Waals surface area contributed by atoms with E-state index in [2.05, 4.69) is 10.2 Å². The van der Waals surface area contributed by atoms with E-state index in [1.54, 1.807) is 0 Å². The number of nitrogens with two attached hydrogens (primary N) is 1. The third-order valence-electron chi connectivity index (χ3n) is 2.49. The largest absolute Gasteiger partial charge is 0.416 e. The zero-order valence-corrected chi connectivity index (χ0v) is 10.1. The van der Waals surface area contributed by atoms with Crippen molar-refractivity contribution in [3.8, 4) is 0 Å². The van der Waals surface area contributed by atoms with E-state index in [-0.39, 0.29) is 23.5 Å². The molecule has 2 N–H and O–H groups in total. The summed E-state index contributed by atoms with van der Waals surface area (Å²) in [5.41, 5.74) is 2.06. The Bertz CT molecular complexity index is 614. The maximum Gasteiger partial charge on any atom is 0.416 e. The molecule has 4 nitrogen and oxygen atoms in total. The van der Waals surface area contributed by atoms with Crippen LogP contribution in [0, 0.1) is 0 Å². The number of anilines is 1. The Hall–Kier alpha value is -2.26. The van der Waals surface area contributed by atoms with Gasteiger partial charge in [0.2, 0.25) is 5.89 Å². The number of halogens is 6. The van der Waals surface area contributed by atoms with Crippen molar-refractivity contribution in [1.29, 1.82) is 0 Å². The lowest BCUT2D eigenvalue weighted by Crippen LogP contribution is -2.12. The summed E-state index contributed by atoms with van der Waals surface area (Å²) in [5.74, 6) is -0.181. The molecule has 10 heteroatoms. The number of rotatable bonds is 2. The van der Waals surface area contributed by atoms with Crippen LogP contribution >= 0.6 is 0 Å². The molecule has 2 aromatic rings. The van der Waals surface area contributed by atoms with E-state index in [4.69, 9.17) is 10.2 Å². The molecule has 0 bridgehead atoms. The fourth-order valence-electron chi connectivity index (χ4n) is 1.63. The second kappa shape index (κ2) is 4.93. The lowest BCUT2D eigenvalue weighted by atomic mass is 10.0. The van der Waals surface area contributed by atoms with Gasteiger partial charge in [-0.05, 0) is 23.8 Å². The second-order valence-corrected chi connectivity index (χ2v) is 4.12. The predicted molar refractivity (Wildman–Crippen MR) is 58.0 cm³/mol. The molecule has 1 aromatic carbocycles. The molecule has 0 saturated carbocycles. The van der Waals surface area contributed by atoms with Crippen LogP contribution in [0.2, 0.25) is 0 Å². The molecule has 0 aliphatic rings. The van der Waals surface area contributed by atoms with E-state index in [9.17, 15) is 26.3 Å². The Balaban J connectivity index is 2.45. The van der Waals surface area contributed by atoms with E-state index < -0.39 is 29.9 Å². The van der Waals surface area contributed by atoms with Gasteiger partial charge in [0.1, 0.15) is 0 Å². The summed E-state index contributed by atoms with van der Waals surface area (Å²) in [6, 6.07) is 0.907. The number of alkyl halides is 6. The van der Waals surface area contributed by atoms with Gasteiger partial charge in [0.15, 0.2) is 0 Å². The molecule has 0 saturated heterocycles. The van der Waals surface area contributed by atoms with Crippen LogP contribution in [0.1, 0.15) is 22.6 Å². The molecule has 0 fully saturated rings. The predicted octanol–water partition coefficient (Wildman–Crippen LogP) is 3.28. The molecule has 21 heavy (non-hydrogen) atoms. The first-order valence-electron chi connectivity index (χ1n) is 5.42. The molecular formula is C11H7F6N3O. The van der Waals surface area contributed by atoms with E-state index in [1.807, 2.05) is 0 Å². The number of hydrogen-bond acceptors (Lipinski definition) is 4. The van der Waals surface area contributed by atoms with Crippen LogP contribution in [0.15, 0.2) is 22.6 Å². The summed E-state index contributed by atoms with van der Waals surface area (Å²) in [4.78, 5) is 0. The third kappa shape index (κ3) is 3.64. The summed E-state index contributed by atoms with van der Waals surface area (Å²) in [7, 11) is 0. The smallest absolute Gasteiger partial charge is 0.408 e. The van der Waals surface area contributed by atoms with Crippen molar-refractivity contribution in [1.82, 2.24) is 10.2 Å². The van der Waals surface area contributed by atoms with Crippen LogP contribution in [0.4, 0.5) is 32.4 Å². The first-order valence-corrected chi connectivity index (χ1v) is 5.42. The van der Waals surface area contributed by atoms with Crippen molar-refractivity contribution < 1.29 is 30.8 Å². The van der Waals surface area contributed by atoms with Gasteiger partial charge in [0, 0.05) is 0 Å². The SMILES string of the molecule is Nc1nnc(Cc2cc(C(F)(F)F)cc(C(F)(F)F)c2)o1. The standard InChI is InChI=1S/C11H7F6N3O/c12-10(13,14)6-1-5(2-7(4-6)11(15,16)17)3-8-19-20-9(18)21-8/h1-2,4H,3H2,(H2,18,20). The van der Waals surface area contributed by atoms with Gasteiger partial charge in [-0.15, -0.1) is 5.10 Å². The van der Waals surface area contributed by atoms with Gasteiger partial charge in [-0.3, -0.25) is 0 Å². The molecular weight excluding hydrogens is 304 g/mol. The summed E-state index contributed by atoms with van der Waals surface area (Å²) >= 11 is 0. The maximum absolute atomic E-state index is 12.6. The minimum atomic E-state index is -4.90. The Morgan fingerprint density at radius 2 is 1.43 bits per heavy atom. The van der Waals surface area contributed by atoms with E-state index in [0.717, 1.165) is 0 Å². The molecule has 0 spiro atoms. The van der Waals surface area contributed by atoms with Crippen molar-refractivity contribution in [2.45, 2.75) is 18.8 Å². The molecule has 0 unspecified atom stereocenters. The van der Waals surface area contributed by atoms with Crippen molar-refractivity contribution in [2.24, 2.45) is 0 Å². The van der Waals surface area contributed by atoms with Crippen molar-refractivity contribution >= 4 is 6.01 Å². The molecule has 0 amide bonds. The average molecular weight is 311 g/mol. The maximum atomic E-state index is 12.6. The van der Waals surface area contributed by atoms with E-state index in [1.165, 1.54) is 0 Å². The first kappa shape index (κ1) is 15.1. The quantitative estimate of drug-likeness (QED) is 0.864. The van der Waals surface area contributed by atoms with Gasteiger partial charge in [-0.25, -0.2) is 0 Å². The Labute approximate surface area is 113 Å². The van der Waals surface area contributed by atoms with Crippen LogP contribution in [0.3, 0.4) is 0 Å². The van der Waals surface area contributed by atoms with Crippen LogP contribution in [-0.2, 0) is 18.8 Å². The highest BCUT2D eigenvalue weighted by Gasteiger charge is 2.36. The highest BCUT2D eigenvalue weighted by molar-refractivity contribution is 5.34. The normalized spacial score (nSPS) is 12.7. The number of hydrogen-bond donors (Lipinski definition) is 1. The monoisotopic (exact) mass is 311 g/mol. The lowest BCUT2D eigenvalue weighted by molar-refractivity contribution is -0.143. The minimum absolute atomic E-state index is 0.0473. The number of nitrogen functional groups attached to an aromatic ring is 1. The molecule has 1 aromatic heterocycles. The highest BCUT2D eigenvalue weighted by atomic mass is 19.4. The van der Waals surface area contributed by atoms with Gasteiger partial charge in [0.05, 0.1) is 17.5 Å². The Morgan fingerprint density at radius 1 is 0.905 bits per heavy atom. The van der Waals surface area contributed by atoms with Crippen molar-refractivity contribution in [2.75, 3.05) is 5.73 Å². The molecule has 0 radical (unpaired) electrons. The number of benzene rings is 1. The summed E-state index contributed by atoms with van der Waals surface area (Å²) in [6.07, 6.45) is -10.2. The molecule has 0 aliphatic heterocycles. The van der Waals surface area contributed by atoms with Gasteiger partial charge >= 0.3 is 18.4 Å². The molecule has 114 valence electrons. The molecule has 2 rings (SSSR count). The van der Waals surface area contributed by atoms with E-state index in [0.29, 0.717) is 12.1 Å². The fourth-order valence-corrected chi connectivity index (χ4v) is 1.63. The fraction of sp³-hybridized carbons (Fsp3) is 0.273. The Morgan fingerprint density at radius 3 is 1.81 bits per heavy atom. The Kier molecular flexibility index (Phi) is 3.56. The third-order valence-corrected chi connectivity index (χ3v) is 2.49. The zero-order valence-electron chi connectivity index (χ0n) is 10.1. The number of nitrogens with zero attached hydrogens (tertiary/aromatic N) is 2. The second-order valence-electron chi connectivity index (χ2n) is 4.12. The van der Waals surface area contributed by atoms with Crippen molar-refractivity contribution in [3.63, 3.8) is 0 Å². The summed E-state index contributed by atoms with van der Waals surface area (Å²) in [5, 5.41) is 6.66. The molecule has 0 atom stereocenters. The van der Waals surface area contributed by atoms with Crippen molar-refractivity contribution in [3.05, 3.63) is 40.8 Å².